The van der Waals surface area contributed by atoms with Crippen molar-refractivity contribution in [1.29, 1.82) is 0 Å². The van der Waals surface area contributed by atoms with Gasteiger partial charge < -0.3 is 5.11 Å². The molecule has 2 rings (SSSR count). The Morgan fingerprint density at radius 3 is 2.86 bits per heavy atom. The number of rotatable bonds is 0. The van der Waals surface area contributed by atoms with Gasteiger partial charge in [0, 0.05) is 5.92 Å². The molecule has 0 aromatic rings. The van der Waals surface area contributed by atoms with Crippen LogP contribution in [0.4, 0.5) is 0 Å². The number of hydrogen-bond donors (Lipinski definition) is 1. The van der Waals surface area contributed by atoms with Gasteiger partial charge in [-0.15, -0.1) is 0 Å². The summed E-state index contributed by atoms with van der Waals surface area (Å²) in [5, 5.41) is 10.1. The predicted molar refractivity (Wildman–Crippen MR) is 59.0 cm³/mol. The summed E-state index contributed by atoms with van der Waals surface area (Å²) in [6.45, 7) is 8.33. The average molecular weight is 192 g/mol. The third-order valence-electron chi connectivity index (χ3n) is 3.81. The minimum absolute atomic E-state index is 0.519. The molecular weight excluding hydrogens is 172 g/mol. The summed E-state index contributed by atoms with van der Waals surface area (Å²) >= 11 is 0. The molecule has 0 amide bonds. The average Bonchev–Trinajstić information content (AvgIpc) is 2.37. The lowest BCUT2D eigenvalue weighted by atomic mass is 9.90. The van der Waals surface area contributed by atoms with Gasteiger partial charge in [0.05, 0.1) is 5.60 Å². The molecule has 0 bridgehead atoms. The van der Waals surface area contributed by atoms with Crippen LogP contribution in [0.2, 0.25) is 0 Å². The van der Waals surface area contributed by atoms with E-state index in [2.05, 4.69) is 13.5 Å². The van der Waals surface area contributed by atoms with Crippen LogP contribution in [0.3, 0.4) is 0 Å². The quantitative estimate of drug-likeness (QED) is 0.584. The van der Waals surface area contributed by atoms with E-state index in [0.29, 0.717) is 5.92 Å². The first-order valence-corrected chi connectivity index (χ1v) is 5.58. The van der Waals surface area contributed by atoms with Gasteiger partial charge in [0.2, 0.25) is 0 Å². The Kier molecular flexibility index (Phi) is 2.30. The highest BCUT2D eigenvalue weighted by molar-refractivity contribution is 5.31. The van der Waals surface area contributed by atoms with Gasteiger partial charge in [-0.2, -0.15) is 0 Å². The van der Waals surface area contributed by atoms with Crippen LogP contribution in [0.15, 0.2) is 23.3 Å². The molecule has 2 aliphatic carbocycles. The van der Waals surface area contributed by atoms with E-state index in [1.165, 1.54) is 18.4 Å². The van der Waals surface area contributed by atoms with E-state index in [1.54, 1.807) is 11.1 Å². The number of allylic oxidation sites excluding steroid dienone is 2. The Morgan fingerprint density at radius 1 is 1.43 bits per heavy atom. The third kappa shape index (κ3) is 1.66. The van der Waals surface area contributed by atoms with E-state index in [0.717, 1.165) is 19.3 Å². The fourth-order valence-electron chi connectivity index (χ4n) is 2.94. The highest BCUT2D eigenvalue weighted by Crippen LogP contribution is 2.44. The molecule has 14 heavy (non-hydrogen) atoms. The summed E-state index contributed by atoms with van der Waals surface area (Å²) in [5.74, 6) is 0.587. The summed E-state index contributed by atoms with van der Waals surface area (Å²) in [5.41, 5.74) is 3.86. The van der Waals surface area contributed by atoms with Crippen LogP contribution in [-0.4, -0.2) is 10.7 Å². The normalized spacial score (nSPS) is 38.5. The van der Waals surface area contributed by atoms with E-state index >= 15 is 0 Å². The smallest absolute Gasteiger partial charge is 0.0659 e. The molecule has 2 atom stereocenters. The molecule has 1 fully saturated rings. The highest BCUT2D eigenvalue weighted by atomic mass is 16.3. The lowest BCUT2D eigenvalue weighted by Crippen LogP contribution is -2.23. The van der Waals surface area contributed by atoms with Crippen LogP contribution in [0, 0.1) is 5.92 Å². The van der Waals surface area contributed by atoms with Crippen LogP contribution >= 0.6 is 0 Å². The van der Waals surface area contributed by atoms with Crippen LogP contribution < -0.4 is 0 Å². The first-order valence-electron chi connectivity index (χ1n) is 5.58. The van der Waals surface area contributed by atoms with E-state index < -0.39 is 5.60 Å². The predicted octanol–water partition coefficient (Wildman–Crippen LogP) is 3.20. The van der Waals surface area contributed by atoms with E-state index in [9.17, 15) is 5.11 Å². The van der Waals surface area contributed by atoms with Gasteiger partial charge in [-0.05, 0) is 46.0 Å². The second kappa shape index (κ2) is 3.23. The number of fused-ring (bicyclic) bond motifs is 1. The fraction of sp³-hybridized carbons (Fsp3) is 0.692. The van der Waals surface area contributed by atoms with Crippen LogP contribution in [-0.2, 0) is 0 Å². The van der Waals surface area contributed by atoms with Crippen molar-refractivity contribution in [2.75, 3.05) is 0 Å². The molecular formula is C13H20O. The Labute approximate surface area is 86.5 Å². The maximum absolute atomic E-state index is 10.1. The van der Waals surface area contributed by atoms with Crippen molar-refractivity contribution >= 4 is 0 Å². The lowest BCUT2D eigenvalue weighted by molar-refractivity contribution is 0.0539. The Balaban J connectivity index is 2.28. The summed E-state index contributed by atoms with van der Waals surface area (Å²) < 4.78 is 0. The molecule has 0 aliphatic heterocycles. The molecule has 0 aromatic heterocycles. The number of aliphatic hydroxyl groups is 1. The molecule has 2 aliphatic rings. The summed E-state index contributed by atoms with van der Waals surface area (Å²) in [7, 11) is 0. The van der Waals surface area contributed by atoms with Crippen LogP contribution in [0.5, 0.6) is 0 Å². The Morgan fingerprint density at radius 2 is 2.14 bits per heavy atom. The Hall–Kier alpha value is -0.560. The summed E-state index contributed by atoms with van der Waals surface area (Å²) in [4.78, 5) is 0. The van der Waals surface area contributed by atoms with Crippen molar-refractivity contribution < 1.29 is 5.11 Å². The molecule has 1 heteroatoms. The zero-order chi connectivity index (χ0) is 10.3. The molecule has 2 unspecified atom stereocenters. The largest absolute Gasteiger partial charge is 0.390 e. The minimum atomic E-state index is -0.519. The third-order valence-corrected chi connectivity index (χ3v) is 3.81. The summed E-state index contributed by atoms with van der Waals surface area (Å²) in [6.07, 6.45) is 5.23. The molecule has 0 saturated heterocycles. The van der Waals surface area contributed by atoms with Gasteiger partial charge in [0.15, 0.2) is 0 Å². The topological polar surface area (TPSA) is 20.2 Å². The van der Waals surface area contributed by atoms with Crippen LogP contribution in [0.1, 0.15) is 46.0 Å². The fourth-order valence-corrected chi connectivity index (χ4v) is 2.94. The van der Waals surface area contributed by atoms with Gasteiger partial charge in [-0.3, -0.25) is 0 Å². The monoisotopic (exact) mass is 192 g/mol. The first-order chi connectivity index (χ1) is 6.49. The molecule has 1 N–H and O–H groups in total. The molecule has 0 spiro atoms. The van der Waals surface area contributed by atoms with E-state index in [4.69, 9.17) is 0 Å². The van der Waals surface area contributed by atoms with Crippen molar-refractivity contribution in [2.45, 2.75) is 51.6 Å². The summed E-state index contributed by atoms with van der Waals surface area (Å²) in [6, 6.07) is 0. The number of hydrogen-bond acceptors (Lipinski definition) is 1. The SMILES string of the molecule is C=C1CC(C)(O)CCC2=C(C)CCC12. The van der Waals surface area contributed by atoms with Gasteiger partial charge >= 0.3 is 0 Å². The standard InChI is InChI=1S/C13H20O/c1-9-4-5-11-10(2)8-13(3,14)7-6-12(9)11/h11,14H,2,4-8H2,1,3H3. The van der Waals surface area contributed by atoms with Crippen LogP contribution in [0.25, 0.3) is 0 Å². The first kappa shape index (κ1) is 9.97. The molecule has 1 saturated carbocycles. The molecule has 0 aromatic carbocycles. The maximum atomic E-state index is 10.1. The van der Waals surface area contributed by atoms with Gasteiger partial charge in [-0.25, -0.2) is 0 Å². The van der Waals surface area contributed by atoms with Gasteiger partial charge in [-0.1, -0.05) is 23.3 Å². The van der Waals surface area contributed by atoms with Crippen molar-refractivity contribution in [3.8, 4) is 0 Å². The van der Waals surface area contributed by atoms with Gasteiger partial charge in [0.1, 0.15) is 0 Å². The van der Waals surface area contributed by atoms with Crippen molar-refractivity contribution in [3.05, 3.63) is 23.3 Å². The maximum Gasteiger partial charge on any atom is 0.0659 e. The zero-order valence-corrected chi connectivity index (χ0v) is 9.27. The zero-order valence-electron chi connectivity index (χ0n) is 9.27. The molecule has 78 valence electrons. The Bertz CT molecular complexity index is 296. The second-order valence-corrected chi connectivity index (χ2v) is 5.23. The van der Waals surface area contributed by atoms with E-state index in [-0.39, 0.29) is 0 Å². The highest BCUT2D eigenvalue weighted by Gasteiger charge is 2.34. The van der Waals surface area contributed by atoms with Crippen molar-refractivity contribution in [3.63, 3.8) is 0 Å². The van der Waals surface area contributed by atoms with E-state index in [1.807, 2.05) is 6.92 Å². The molecule has 1 nitrogen and oxygen atoms in total. The second-order valence-electron chi connectivity index (χ2n) is 5.23. The lowest BCUT2D eigenvalue weighted by Gasteiger charge is -2.21. The van der Waals surface area contributed by atoms with Crippen molar-refractivity contribution in [1.82, 2.24) is 0 Å². The molecule has 0 heterocycles. The van der Waals surface area contributed by atoms with Gasteiger partial charge in [0.25, 0.3) is 0 Å². The molecule has 0 radical (unpaired) electrons. The minimum Gasteiger partial charge on any atom is -0.390 e. The van der Waals surface area contributed by atoms with Crippen molar-refractivity contribution in [2.24, 2.45) is 5.92 Å².